The average Bonchev–Trinajstić information content (AvgIpc) is 3.44. The molecule has 2 aromatic carbocycles. The number of benzene rings is 2. The first-order valence-corrected chi connectivity index (χ1v) is 12.2. The van der Waals surface area contributed by atoms with Crippen LogP contribution in [0.25, 0.3) is 11.0 Å². The molecule has 2 amide bonds. The van der Waals surface area contributed by atoms with Crippen molar-refractivity contribution in [2.24, 2.45) is 5.10 Å². The predicted octanol–water partition coefficient (Wildman–Crippen LogP) is 5.51. The highest BCUT2D eigenvalue weighted by molar-refractivity contribution is 6.09. The number of non-ortho nitro benzene ring substituents is 1. The van der Waals surface area contributed by atoms with Gasteiger partial charge >= 0.3 is 0 Å². The molecule has 0 spiro atoms. The first kappa shape index (κ1) is 24.9. The van der Waals surface area contributed by atoms with Crippen LogP contribution in [0.4, 0.5) is 11.4 Å². The van der Waals surface area contributed by atoms with Crippen molar-refractivity contribution in [1.29, 1.82) is 0 Å². The molecular weight excluding hydrogens is 488 g/mol. The first-order valence-electron chi connectivity index (χ1n) is 12.2. The van der Waals surface area contributed by atoms with E-state index in [1.807, 2.05) is 19.9 Å². The Balaban J connectivity index is 1.33. The number of rotatable bonds is 6. The van der Waals surface area contributed by atoms with Crippen LogP contribution in [0.2, 0.25) is 0 Å². The molecule has 1 aliphatic rings. The Labute approximate surface area is 217 Å². The average molecular weight is 515 g/mol. The summed E-state index contributed by atoms with van der Waals surface area (Å²) in [5.74, 6) is -0.0638. The minimum absolute atomic E-state index is 0.109. The number of carbonyl (C=O) groups excluding carboxylic acids is 2. The molecule has 2 aromatic heterocycles. The molecule has 0 saturated carbocycles. The van der Waals surface area contributed by atoms with Gasteiger partial charge in [-0.3, -0.25) is 19.7 Å². The van der Waals surface area contributed by atoms with Crippen LogP contribution in [0.5, 0.6) is 0 Å². The number of furan rings is 2. The summed E-state index contributed by atoms with van der Waals surface area (Å²) in [6, 6.07) is 9.69. The Morgan fingerprint density at radius 2 is 1.95 bits per heavy atom. The Hall–Kier alpha value is -4.73. The van der Waals surface area contributed by atoms with E-state index < -0.39 is 10.8 Å². The Morgan fingerprint density at radius 1 is 1.13 bits per heavy atom. The molecule has 0 radical (unpaired) electrons. The maximum Gasteiger partial charge on any atom is 0.291 e. The Kier molecular flexibility index (Phi) is 6.54. The Morgan fingerprint density at radius 3 is 2.74 bits per heavy atom. The van der Waals surface area contributed by atoms with Crippen molar-refractivity contribution in [2.45, 2.75) is 46.5 Å². The lowest BCUT2D eigenvalue weighted by Gasteiger charge is -2.13. The van der Waals surface area contributed by atoms with Gasteiger partial charge in [-0.2, -0.15) is 5.10 Å². The van der Waals surface area contributed by atoms with Gasteiger partial charge in [0.2, 0.25) is 5.91 Å². The number of nitrogens with one attached hydrogen (secondary N) is 2. The van der Waals surface area contributed by atoms with Gasteiger partial charge < -0.3 is 14.2 Å². The zero-order valence-electron chi connectivity index (χ0n) is 21.2. The number of carbonyl (C=O) groups is 2. The van der Waals surface area contributed by atoms with Crippen molar-refractivity contribution in [3.05, 3.63) is 92.1 Å². The molecule has 0 aliphatic heterocycles. The molecule has 194 valence electrons. The molecule has 0 fully saturated rings. The van der Waals surface area contributed by atoms with E-state index in [4.69, 9.17) is 8.83 Å². The third kappa shape index (κ3) is 4.80. The number of nitrogens with zero attached hydrogens (tertiary/aromatic N) is 2. The largest absolute Gasteiger partial charge is 0.464 e. The number of hydrogen-bond donors (Lipinski definition) is 2. The molecule has 0 unspecified atom stereocenters. The van der Waals surface area contributed by atoms with Crippen molar-refractivity contribution >= 4 is 39.9 Å². The third-order valence-electron chi connectivity index (χ3n) is 6.61. The standard InChI is InChI=1S/C28H26N4O6/c1-15-10-16(2)25-18(14-37-23(25)11-15)12-24(33)31-30-21-8-5-9-22-26(21)17(3)27(38-22)28(34)29-19-6-4-7-20(13-19)32(35)36/h4,6-7,10-11,13-14H,5,8-9,12H2,1-3H3,(H,29,34)(H,31,33)/b30-21+. The van der Waals surface area contributed by atoms with Gasteiger partial charge in [0.05, 0.1) is 23.3 Å². The van der Waals surface area contributed by atoms with E-state index in [-0.39, 0.29) is 29.5 Å². The summed E-state index contributed by atoms with van der Waals surface area (Å²) < 4.78 is 11.5. The van der Waals surface area contributed by atoms with E-state index in [1.165, 1.54) is 18.2 Å². The fraction of sp³-hybridized carbons (Fsp3) is 0.250. The summed E-state index contributed by atoms with van der Waals surface area (Å²) in [5.41, 5.74) is 8.43. The van der Waals surface area contributed by atoms with Gasteiger partial charge in [-0.15, -0.1) is 0 Å². The van der Waals surface area contributed by atoms with E-state index in [1.54, 1.807) is 19.3 Å². The highest BCUT2D eigenvalue weighted by Gasteiger charge is 2.28. The molecule has 1 aliphatic carbocycles. The zero-order valence-corrected chi connectivity index (χ0v) is 21.2. The van der Waals surface area contributed by atoms with Gasteiger partial charge in [-0.1, -0.05) is 12.1 Å². The maximum absolute atomic E-state index is 12.9. The summed E-state index contributed by atoms with van der Waals surface area (Å²) in [6.07, 6.45) is 3.72. The SMILES string of the molecule is Cc1cc(C)c2c(CC(=O)N/N=C3\CCCc4oc(C(=O)Nc5cccc([N+](=O)[O-])c5)c(C)c43)coc2c1. The highest BCUT2D eigenvalue weighted by Crippen LogP contribution is 2.31. The minimum Gasteiger partial charge on any atom is -0.464 e. The molecule has 0 bridgehead atoms. The van der Waals surface area contributed by atoms with E-state index in [0.29, 0.717) is 35.4 Å². The van der Waals surface area contributed by atoms with Crippen LogP contribution in [0.3, 0.4) is 0 Å². The van der Waals surface area contributed by atoms with E-state index >= 15 is 0 Å². The van der Waals surface area contributed by atoms with Crippen molar-refractivity contribution in [2.75, 3.05) is 5.32 Å². The van der Waals surface area contributed by atoms with Gasteiger partial charge in [-0.05, 0) is 56.9 Å². The van der Waals surface area contributed by atoms with Gasteiger partial charge in [0.1, 0.15) is 11.3 Å². The van der Waals surface area contributed by atoms with Gasteiger partial charge in [0.25, 0.3) is 11.6 Å². The quantitative estimate of drug-likeness (QED) is 0.257. The van der Waals surface area contributed by atoms with Crippen LogP contribution in [0.15, 0.2) is 56.6 Å². The van der Waals surface area contributed by atoms with Crippen LogP contribution in [-0.2, 0) is 17.6 Å². The molecule has 2 heterocycles. The van der Waals surface area contributed by atoms with Crippen LogP contribution in [0.1, 0.15) is 57.0 Å². The van der Waals surface area contributed by atoms with E-state index in [0.717, 1.165) is 34.1 Å². The summed E-state index contributed by atoms with van der Waals surface area (Å²) in [6.45, 7) is 5.75. The second kappa shape index (κ2) is 9.97. The number of hydrazone groups is 1. The molecule has 10 heteroatoms. The first-order chi connectivity index (χ1) is 18.2. The lowest BCUT2D eigenvalue weighted by atomic mass is 9.93. The number of nitro benzene ring substituents is 1. The van der Waals surface area contributed by atoms with E-state index in [2.05, 4.69) is 21.9 Å². The van der Waals surface area contributed by atoms with Crippen LogP contribution in [-0.4, -0.2) is 22.4 Å². The molecule has 0 saturated heterocycles. The topological polar surface area (TPSA) is 140 Å². The van der Waals surface area contributed by atoms with Crippen molar-refractivity contribution in [3.8, 4) is 0 Å². The molecule has 0 atom stereocenters. The summed E-state index contributed by atoms with van der Waals surface area (Å²) in [4.78, 5) is 36.2. The summed E-state index contributed by atoms with van der Waals surface area (Å²) in [7, 11) is 0. The minimum atomic E-state index is -0.527. The number of anilines is 1. The molecule has 5 rings (SSSR count). The lowest BCUT2D eigenvalue weighted by molar-refractivity contribution is -0.384. The summed E-state index contributed by atoms with van der Waals surface area (Å²) in [5, 5.41) is 19.0. The molecule has 4 aromatic rings. The number of fused-ring (bicyclic) bond motifs is 2. The van der Waals surface area contributed by atoms with Gasteiger partial charge in [-0.25, -0.2) is 5.43 Å². The number of amides is 2. The number of nitro groups is 1. The molecule has 10 nitrogen and oxygen atoms in total. The lowest BCUT2D eigenvalue weighted by Crippen LogP contribution is -2.23. The van der Waals surface area contributed by atoms with Crippen LogP contribution < -0.4 is 10.7 Å². The van der Waals surface area contributed by atoms with E-state index in [9.17, 15) is 19.7 Å². The van der Waals surface area contributed by atoms with Crippen LogP contribution >= 0.6 is 0 Å². The second-order valence-electron chi connectivity index (χ2n) is 9.46. The van der Waals surface area contributed by atoms with Crippen molar-refractivity contribution in [3.63, 3.8) is 0 Å². The fourth-order valence-electron chi connectivity index (χ4n) is 4.98. The number of aryl methyl sites for hydroxylation is 3. The van der Waals surface area contributed by atoms with Gasteiger partial charge in [0.15, 0.2) is 5.76 Å². The maximum atomic E-state index is 12.9. The summed E-state index contributed by atoms with van der Waals surface area (Å²) >= 11 is 0. The molecule has 38 heavy (non-hydrogen) atoms. The van der Waals surface area contributed by atoms with Gasteiger partial charge in [0, 0.05) is 46.3 Å². The third-order valence-corrected chi connectivity index (χ3v) is 6.61. The number of hydrogen-bond acceptors (Lipinski definition) is 7. The highest BCUT2D eigenvalue weighted by atomic mass is 16.6. The second-order valence-corrected chi connectivity index (χ2v) is 9.46. The Bertz CT molecular complexity index is 1630. The van der Waals surface area contributed by atoms with Crippen molar-refractivity contribution in [1.82, 2.24) is 5.43 Å². The smallest absolute Gasteiger partial charge is 0.291 e. The zero-order chi connectivity index (χ0) is 27.0. The van der Waals surface area contributed by atoms with Crippen LogP contribution in [0, 0.1) is 30.9 Å². The predicted molar refractivity (Wildman–Crippen MR) is 142 cm³/mol. The normalized spacial score (nSPS) is 13.9. The monoisotopic (exact) mass is 514 g/mol. The fourth-order valence-corrected chi connectivity index (χ4v) is 4.98. The molecular formula is C28H26N4O6. The molecule has 2 N–H and O–H groups in total. The van der Waals surface area contributed by atoms with Crippen molar-refractivity contribution < 1.29 is 23.3 Å².